The van der Waals surface area contributed by atoms with Crippen molar-refractivity contribution in [2.75, 3.05) is 40.0 Å². The first-order chi connectivity index (χ1) is 10.7. The van der Waals surface area contributed by atoms with Crippen molar-refractivity contribution < 1.29 is 14.3 Å². The number of hydrogen-bond donors (Lipinski definition) is 1. The molecule has 1 aromatic heterocycles. The van der Waals surface area contributed by atoms with Crippen molar-refractivity contribution >= 4 is 5.91 Å². The molecule has 22 heavy (non-hydrogen) atoms. The number of ether oxygens (including phenoxy) is 2. The summed E-state index contributed by atoms with van der Waals surface area (Å²) in [6.07, 6.45) is 7.12. The molecule has 0 bridgehead atoms. The van der Waals surface area contributed by atoms with Crippen LogP contribution in [0.3, 0.4) is 0 Å². The zero-order valence-electron chi connectivity index (χ0n) is 13.2. The average molecular weight is 307 g/mol. The SMILES string of the molecule is COCC1(C(=O)N2CCC(c3ncc[nH]3)CC2)CCOCC1. The average Bonchev–Trinajstić information content (AvgIpc) is 3.10. The highest BCUT2D eigenvalue weighted by molar-refractivity contribution is 5.83. The summed E-state index contributed by atoms with van der Waals surface area (Å²) in [5.41, 5.74) is -0.384. The molecule has 1 N–H and O–H groups in total. The molecule has 0 saturated carbocycles. The monoisotopic (exact) mass is 307 g/mol. The van der Waals surface area contributed by atoms with Crippen LogP contribution in [0.5, 0.6) is 0 Å². The number of H-pyrrole nitrogens is 1. The maximum Gasteiger partial charge on any atom is 0.231 e. The lowest BCUT2D eigenvalue weighted by Crippen LogP contribution is -2.51. The first-order valence-electron chi connectivity index (χ1n) is 8.10. The Morgan fingerprint density at radius 3 is 2.77 bits per heavy atom. The number of imidazole rings is 1. The highest BCUT2D eigenvalue weighted by Crippen LogP contribution is 2.35. The maximum atomic E-state index is 13.0. The third-order valence-electron chi connectivity index (χ3n) is 5.01. The van der Waals surface area contributed by atoms with Crippen LogP contribution in [0.25, 0.3) is 0 Å². The van der Waals surface area contributed by atoms with E-state index in [0.29, 0.717) is 25.7 Å². The van der Waals surface area contributed by atoms with E-state index in [1.165, 1.54) is 0 Å². The minimum Gasteiger partial charge on any atom is -0.384 e. The van der Waals surface area contributed by atoms with Crippen molar-refractivity contribution in [3.05, 3.63) is 18.2 Å². The molecule has 2 aliphatic heterocycles. The van der Waals surface area contributed by atoms with Gasteiger partial charge in [-0.25, -0.2) is 4.98 Å². The fourth-order valence-corrected chi connectivity index (χ4v) is 3.65. The van der Waals surface area contributed by atoms with E-state index in [2.05, 4.69) is 9.97 Å². The molecule has 3 heterocycles. The van der Waals surface area contributed by atoms with Gasteiger partial charge in [-0.05, 0) is 25.7 Å². The summed E-state index contributed by atoms with van der Waals surface area (Å²) >= 11 is 0. The van der Waals surface area contributed by atoms with Crippen LogP contribution in [0.1, 0.15) is 37.4 Å². The van der Waals surface area contributed by atoms with Gasteiger partial charge in [-0.2, -0.15) is 0 Å². The van der Waals surface area contributed by atoms with Crippen LogP contribution >= 0.6 is 0 Å². The van der Waals surface area contributed by atoms with Gasteiger partial charge in [0.1, 0.15) is 5.82 Å². The fourth-order valence-electron chi connectivity index (χ4n) is 3.65. The van der Waals surface area contributed by atoms with Crippen LogP contribution in [-0.4, -0.2) is 60.8 Å². The third-order valence-corrected chi connectivity index (χ3v) is 5.01. The van der Waals surface area contributed by atoms with Crippen molar-refractivity contribution in [3.8, 4) is 0 Å². The van der Waals surface area contributed by atoms with Gasteiger partial charge in [0, 0.05) is 51.7 Å². The first kappa shape index (κ1) is 15.5. The molecule has 0 atom stereocenters. The molecule has 6 heteroatoms. The van der Waals surface area contributed by atoms with E-state index in [4.69, 9.17) is 9.47 Å². The third kappa shape index (κ3) is 3.03. The lowest BCUT2D eigenvalue weighted by Gasteiger charge is -2.41. The van der Waals surface area contributed by atoms with Gasteiger partial charge in [-0.1, -0.05) is 0 Å². The number of hydrogen-bond acceptors (Lipinski definition) is 4. The Kier molecular flexibility index (Phi) is 4.78. The minimum absolute atomic E-state index is 0.246. The quantitative estimate of drug-likeness (QED) is 0.916. The number of nitrogens with one attached hydrogen (secondary N) is 1. The van der Waals surface area contributed by atoms with Crippen LogP contribution in [0.2, 0.25) is 0 Å². The van der Waals surface area contributed by atoms with Crippen LogP contribution in [0.15, 0.2) is 12.4 Å². The zero-order chi connectivity index (χ0) is 15.4. The molecule has 1 amide bonds. The topological polar surface area (TPSA) is 67.5 Å². The normalized spacial score (nSPS) is 22.7. The molecule has 0 aliphatic carbocycles. The molecule has 3 rings (SSSR count). The standard InChI is InChI=1S/C16H25N3O3/c1-21-12-16(4-10-22-11-5-16)15(20)19-8-2-13(3-9-19)14-17-6-7-18-14/h6-7,13H,2-5,8-12H2,1H3,(H,17,18). The number of nitrogens with zero attached hydrogens (tertiary/aromatic N) is 2. The number of amides is 1. The largest absolute Gasteiger partial charge is 0.384 e. The highest BCUT2D eigenvalue weighted by atomic mass is 16.5. The molecule has 0 aromatic carbocycles. The Bertz CT molecular complexity index is 469. The van der Waals surface area contributed by atoms with Gasteiger partial charge in [0.25, 0.3) is 0 Å². The lowest BCUT2D eigenvalue weighted by atomic mass is 9.79. The van der Waals surface area contributed by atoms with Crippen LogP contribution < -0.4 is 0 Å². The van der Waals surface area contributed by atoms with E-state index in [-0.39, 0.29) is 11.3 Å². The van der Waals surface area contributed by atoms with Crippen molar-refractivity contribution in [2.45, 2.75) is 31.6 Å². The Hall–Kier alpha value is -1.40. The van der Waals surface area contributed by atoms with Crippen molar-refractivity contribution in [3.63, 3.8) is 0 Å². The Labute approximate surface area is 131 Å². The highest BCUT2D eigenvalue weighted by Gasteiger charge is 2.43. The molecule has 2 aliphatic rings. The van der Waals surface area contributed by atoms with E-state index in [9.17, 15) is 4.79 Å². The smallest absolute Gasteiger partial charge is 0.231 e. The molecule has 0 radical (unpaired) electrons. The molecule has 0 spiro atoms. The number of rotatable bonds is 4. The van der Waals surface area contributed by atoms with Crippen molar-refractivity contribution in [1.82, 2.24) is 14.9 Å². The zero-order valence-corrected chi connectivity index (χ0v) is 13.2. The Morgan fingerprint density at radius 1 is 1.45 bits per heavy atom. The second kappa shape index (κ2) is 6.79. The number of methoxy groups -OCH3 is 1. The number of likely N-dealkylation sites (tertiary alicyclic amines) is 1. The lowest BCUT2D eigenvalue weighted by molar-refractivity contribution is -0.153. The molecule has 2 saturated heterocycles. The number of piperidine rings is 1. The fraction of sp³-hybridized carbons (Fsp3) is 0.750. The molecule has 6 nitrogen and oxygen atoms in total. The number of carbonyl (C=O) groups excluding carboxylic acids is 1. The number of aromatic amines is 1. The summed E-state index contributed by atoms with van der Waals surface area (Å²) in [5.74, 6) is 1.73. The summed E-state index contributed by atoms with van der Waals surface area (Å²) in [6.45, 7) is 3.40. The van der Waals surface area contributed by atoms with E-state index in [1.807, 2.05) is 11.1 Å². The Balaban J connectivity index is 1.63. The van der Waals surface area contributed by atoms with Gasteiger partial charge in [0.05, 0.1) is 12.0 Å². The van der Waals surface area contributed by atoms with Crippen LogP contribution in [0, 0.1) is 5.41 Å². The van der Waals surface area contributed by atoms with Gasteiger partial charge in [0.15, 0.2) is 0 Å². The van der Waals surface area contributed by atoms with Crippen molar-refractivity contribution in [2.24, 2.45) is 5.41 Å². The summed E-state index contributed by atoms with van der Waals surface area (Å²) < 4.78 is 10.8. The van der Waals surface area contributed by atoms with Gasteiger partial charge in [-0.3, -0.25) is 4.79 Å². The summed E-state index contributed by atoms with van der Waals surface area (Å²) in [4.78, 5) is 22.6. The molecular formula is C16H25N3O3. The van der Waals surface area contributed by atoms with Crippen LogP contribution in [0.4, 0.5) is 0 Å². The summed E-state index contributed by atoms with van der Waals surface area (Å²) in [6, 6.07) is 0. The second-order valence-corrected chi connectivity index (χ2v) is 6.37. The Morgan fingerprint density at radius 2 is 2.18 bits per heavy atom. The number of carbonyl (C=O) groups is 1. The molecular weight excluding hydrogens is 282 g/mol. The summed E-state index contributed by atoms with van der Waals surface area (Å²) in [7, 11) is 1.67. The minimum atomic E-state index is -0.384. The van der Waals surface area contributed by atoms with E-state index in [0.717, 1.165) is 44.6 Å². The van der Waals surface area contributed by atoms with E-state index < -0.39 is 0 Å². The molecule has 2 fully saturated rings. The second-order valence-electron chi connectivity index (χ2n) is 6.37. The van der Waals surface area contributed by atoms with Gasteiger partial charge < -0.3 is 19.4 Å². The van der Waals surface area contributed by atoms with E-state index in [1.54, 1.807) is 13.3 Å². The maximum absolute atomic E-state index is 13.0. The number of aromatic nitrogens is 2. The van der Waals surface area contributed by atoms with Crippen molar-refractivity contribution in [1.29, 1.82) is 0 Å². The van der Waals surface area contributed by atoms with Gasteiger partial charge in [-0.15, -0.1) is 0 Å². The van der Waals surface area contributed by atoms with Gasteiger partial charge >= 0.3 is 0 Å². The first-order valence-corrected chi connectivity index (χ1v) is 8.10. The van der Waals surface area contributed by atoms with E-state index >= 15 is 0 Å². The van der Waals surface area contributed by atoms with Crippen LogP contribution in [-0.2, 0) is 14.3 Å². The predicted octanol–water partition coefficient (Wildman–Crippen LogP) is 1.56. The molecule has 0 unspecified atom stereocenters. The summed E-state index contributed by atoms with van der Waals surface area (Å²) in [5, 5.41) is 0. The van der Waals surface area contributed by atoms with Gasteiger partial charge in [0.2, 0.25) is 5.91 Å². The molecule has 122 valence electrons. The molecule has 1 aromatic rings. The predicted molar refractivity (Wildman–Crippen MR) is 81.5 cm³/mol.